The Hall–Kier alpha value is -1.63. The summed E-state index contributed by atoms with van der Waals surface area (Å²) in [6.07, 6.45) is 3.26. The summed E-state index contributed by atoms with van der Waals surface area (Å²) in [4.78, 5) is 27.7. The van der Waals surface area contributed by atoms with Gasteiger partial charge in [0.2, 0.25) is 5.91 Å². The zero-order valence-electron chi connectivity index (χ0n) is 14.1. The molecular weight excluding hydrogens is 330 g/mol. The van der Waals surface area contributed by atoms with Gasteiger partial charge >= 0.3 is 5.97 Å². The van der Waals surface area contributed by atoms with Gasteiger partial charge in [0.15, 0.2) is 0 Å². The fourth-order valence-corrected chi connectivity index (χ4v) is 3.18. The van der Waals surface area contributed by atoms with E-state index in [1.165, 1.54) is 12.1 Å². The number of anilines is 1. The molecule has 0 aromatic heterocycles. The van der Waals surface area contributed by atoms with Crippen LogP contribution in [0.2, 0.25) is 5.02 Å². The summed E-state index contributed by atoms with van der Waals surface area (Å²) in [7, 11) is 4.18. The summed E-state index contributed by atoms with van der Waals surface area (Å²) in [6, 6.07) is 5.03. The quantitative estimate of drug-likeness (QED) is 0.850. The predicted molar refractivity (Wildman–Crippen MR) is 94.8 cm³/mol. The van der Waals surface area contributed by atoms with E-state index in [1.807, 2.05) is 0 Å². The van der Waals surface area contributed by atoms with Crippen LogP contribution in [-0.2, 0) is 4.79 Å². The molecule has 0 bridgehead atoms. The Bertz CT molecular complexity index is 607. The van der Waals surface area contributed by atoms with E-state index in [9.17, 15) is 9.59 Å². The average Bonchev–Trinajstić information content (AvgIpc) is 2.74. The van der Waals surface area contributed by atoms with Gasteiger partial charge in [-0.1, -0.05) is 11.6 Å². The standard InChI is InChI=1S/C17H24ClN3O3/c1-20(2)13-4-3-8-21(9-7-13)11-16(22)19-12-5-6-15(18)14(10-12)17(23)24/h5-6,10,13H,3-4,7-9,11H2,1-2H3,(H,19,22)(H,23,24). The number of aromatic carboxylic acids is 1. The van der Waals surface area contributed by atoms with Crippen LogP contribution in [-0.4, -0.2) is 66.6 Å². The molecule has 1 aliphatic rings. The van der Waals surface area contributed by atoms with Gasteiger partial charge in [0.25, 0.3) is 0 Å². The minimum Gasteiger partial charge on any atom is -0.478 e. The first-order valence-electron chi connectivity index (χ1n) is 8.08. The third-order valence-corrected chi connectivity index (χ3v) is 4.70. The van der Waals surface area contributed by atoms with E-state index in [0.29, 0.717) is 18.3 Å². The summed E-state index contributed by atoms with van der Waals surface area (Å²) in [5.41, 5.74) is 0.431. The predicted octanol–water partition coefficient (Wildman–Crippen LogP) is 2.39. The Kier molecular flexibility index (Phi) is 6.60. The van der Waals surface area contributed by atoms with E-state index in [4.69, 9.17) is 16.7 Å². The number of likely N-dealkylation sites (tertiary alicyclic amines) is 1. The van der Waals surface area contributed by atoms with E-state index in [1.54, 1.807) is 6.07 Å². The van der Waals surface area contributed by atoms with Gasteiger partial charge in [-0.2, -0.15) is 0 Å². The second kappa shape index (κ2) is 8.46. The fourth-order valence-electron chi connectivity index (χ4n) is 2.98. The lowest BCUT2D eigenvalue weighted by molar-refractivity contribution is -0.117. The third kappa shape index (κ3) is 5.19. The second-order valence-electron chi connectivity index (χ2n) is 6.37. The molecule has 0 saturated carbocycles. The molecule has 1 heterocycles. The molecule has 0 spiro atoms. The smallest absolute Gasteiger partial charge is 0.337 e. The second-order valence-corrected chi connectivity index (χ2v) is 6.78. The van der Waals surface area contributed by atoms with Crippen molar-refractivity contribution >= 4 is 29.2 Å². The van der Waals surface area contributed by atoms with Crippen LogP contribution < -0.4 is 5.32 Å². The lowest BCUT2D eigenvalue weighted by Crippen LogP contribution is -2.35. The Morgan fingerprint density at radius 3 is 2.75 bits per heavy atom. The Morgan fingerprint density at radius 1 is 1.33 bits per heavy atom. The largest absolute Gasteiger partial charge is 0.478 e. The summed E-state index contributed by atoms with van der Waals surface area (Å²) in [6.45, 7) is 2.10. The Morgan fingerprint density at radius 2 is 2.08 bits per heavy atom. The minimum atomic E-state index is -1.11. The van der Waals surface area contributed by atoms with Crippen molar-refractivity contribution < 1.29 is 14.7 Å². The van der Waals surface area contributed by atoms with Crippen LogP contribution in [0.4, 0.5) is 5.69 Å². The number of nitrogens with one attached hydrogen (secondary N) is 1. The van der Waals surface area contributed by atoms with Crippen molar-refractivity contribution in [3.63, 3.8) is 0 Å². The molecule has 24 heavy (non-hydrogen) atoms. The molecule has 7 heteroatoms. The van der Waals surface area contributed by atoms with Gasteiger partial charge in [0.05, 0.1) is 17.1 Å². The molecule has 132 valence electrons. The molecule has 1 saturated heterocycles. The number of hydrogen-bond donors (Lipinski definition) is 2. The summed E-state index contributed by atoms with van der Waals surface area (Å²) < 4.78 is 0. The SMILES string of the molecule is CN(C)C1CCCN(CC(=O)Nc2ccc(Cl)c(C(=O)O)c2)CC1. The first-order chi connectivity index (χ1) is 11.4. The molecule has 1 aromatic rings. The van der Waals surface area contributed by atoms with Crippen molar-refractivity contribution in [1.29, 1.82) is 0 Å². The molecule has 1 aromatic carbocycles. The number of halogens is 1. The summed E-state index contributed by atoms with van der Waals surface area (Å²) in [5.74, 6) is -1.25. The normalized spacial score (nSPS) is 19.1. The van der Waals surface area contributed by atoms with E-state index in [-0.39, 0.29) is 16.5 Å². The minimum absolute atomic E-state index is 0.0157. The molecule has 1 atom stereocenters. The number of rotatable bonds is 5. The first-order valence-corrected chi connectivity index (χ1v) is 8.46. The van der Waals surface area contributed by atoms with Crippen LogP contribution in [0, 0.1) is 0 Å². The zero-order chi connectivity index (χ0) is 17.7. The van der Waals surface area contributed by atoms with Gasteiger partial charge in [0.1, 0.15) is 0 Å². The topological polar surface area (TPSA) is 72.9 Å². The highest BCUT2D eigenvalue weighted by molar-refractivity contribution is 6.33. The molecule has 0 radical (unpaired) electrons. The van der Waals surface area contributed by atoms with Gasteiger partial charge in [0, 0.05) is 18.3 Å². The van der Waals surface area contributed by atoms with E-state index < -0.39 is 5.97 Å². The number of carboxylic acid groups (broad SMARTS) is 1. The number of carbonyl (C=O) groups is 2. The van der Waals surface area contributed by atoms with Crippen molar-refractivity contribution in [2.75, 3.05) is 39.0 Å². The molecule has 6 nitrogen and oxygen atoms in total. The number of carbonyl (C=O) groups excluding carboxylic acids is 1. The van der Waals surface area contributed by atoms with Gasteiger partial charge in [-0.15, -0.1) is 0 Å². The monoisotopic (exact) mass is 353 g/mol. The van der Waals surface area contributed by atoms with Gasteiger partial charge < -0.3 is 15.3 Å². The maximum absolute atomic E-state index is 12.2. The number of carboxylic acids is 1. The van der Waals surface area contributed by atoms with Crippen molar-refractivity contribution in [2.24, 2.45) is 0 Å². The molecule has 1 unspecified atom stereocenters. The number of hydrogen-bond acceptors (Lipinski definition) is 4. The fraction of sp³-hybridized carbons (Fsp3) is 0.529. The maximum atomic E-state index is 12.2. The maximum Gasteiger partial charge on any atom is 0.337 e. The van der Waals surface area contributed by atoms with Crippen LogP contribution in [0.1, 0.15) is 29.6 Å². The van der Waals surface area contributed by atoms with Crippen LogP contribution in [0.5, 0.6) is 0 Å². The van der Waals surface area contributed by atoms with Crippen molar-refractivity contribution in [2.45, 2.75) is 25.3 Å². The zero-order valence-corrected chi connectivity index (χ0v) is 14.8. The Labute approximate surface area is 147 Å². The van der Waals surface area contributed by atoms with E-state index in [0.717, 1.165) is 32.4 Å². The number of amides is 1. The molecular formula is C17H24ClN3O3. The highest BCUT2D eigenvalue weighted by Gasteiger charge is 2.20. The molecule has 2 rings (SSSR count). The number of nitrogens with zero attached hydrogens (tertiary/aromatic N) is 2. The van der Waals surface area contributed by atoms with Crippen molar-refractivity contribution in [3.8, 4) is 0 Å². The van der Waals surface area contributed by atoms with Crippen LogP contribution >= 0.6 is 11.6 Å². The highest BCUT2D eigenvalue weighted by Crippen LogP contribution is 2.21. The summed E-state index contributed by atoms with van der Waals surface area (Å²) >= 11 is 5.83. The molecule has 2 N–H and O–H groups in total. The number of benzene rings is 1. The average molecular weight is 354 g/mol. The van der Waals surface area contributed by atoms with E-state index >= 15 is 0 Å². The van der Waals surface area contributed by atoms with Crippen LogP contribution in [0.25, 0.3) is 0 Å². The van der Waals surface area contributed by atoms with Crippen LogP contribution in [0.15, 0.2) is 18.2 Å². The van der Waals surface area contributed by atoms with E-state index in [2.05, 4.69) is 29.2 Å². The lowest BCUT2D eigenvalue weighted by Gasteiger charge is -2.23. The lowest BCUT2D eigenvalue weighted by atomic mass is 10.1. The van der Waals surface area contributed by atoms with Crippen molar-refractivity contribution in [3.05, 3.63) is 28.8 Å². The molecule has 1 fully saturated rings. The third-order valence-electron chi connectivity index (χ3n) is 4.37. The molecule has 1 aliphatic heterocycles. The molecule has 0 aliphatic carbocycles. The van der Waals surface area contributed by atoms with Gasteiger partial charge in [-0.3, -0.25) is 9.69 Å². The highest BCUT2D eigenvalue weighted by atomic mass is 35.5. The van der Waals surface area contributed by atoms with Gasteiger partial charge in [-0.05, 0) is 58.1 Å². The van der Waals surface area contributed by atoms with Crippen LogP contribution in [0.3, 0.4) is 0 Å². The summed E-state index contributed by atoms with van der Waals surface area (Å²) in [5, 5.41) is 12.0. The van der Waals surface area contributed by atoms with Crippen molar-refractivity contribution in [1.82, 2.24) is 9.80 Å². The molecule has 1 amide bonds. The Balaban J connectivity index is 1.91. The van der Waals surface area contributed by atoms with Gasteiger partial charge in [-0.25, -0.2) is 4.79 Å². The first kappa shape index (κ1) is 18.7.